The third-order valence-electron chi connectivity index (χ3n) is 3.13. The predicted octanol–water partition coefficient (Wildman–Crippen LogP) is 2.54. The molecule has 0 aliphatic rings. The molecule has 0 saturated heterocycles. The van der Waals surface area contributed by atoms with Crippen molar-refractivity contribution in [2.75, 3.05) is 13.2 Å². The molecule has 16 heavy (non-hydrogen) atoms. The number of rotatable bonds is 7. The Morgan fingerprint density at radius 1 is 1.12 bits per heavy atom. The van der Waals surface area contributed by atoms with Gasteiger partial charge in [-0.15, -0.1) is 0 Å². The highest BCUT2D eigenvalue weighted by Crippen LogP contribution is 2.14. The fourth-order valence-corrected chi connectivity index (χ4v) is 1.90. The molecule has 2 heteroatoms. The van der Waals surface area contributed by atoms with Crippen LogP contribution in [0.1, 0.15) is 38.2 Å². The molecule has 1 unspecified atom stereocenters. The van der Waals surface area contributed by atoms with Gasteiger partial charge in [-0.3, -0.25) is 0 Å². The lowest BCUT2D eigenvalue weighted by molar-refractivity contribution is 0.257. The van der Waals surface area contributed by atoms with Gasteiger partial charge in [-0.05, 0) is 18.4 Å². The average Bonchev–Trinajstić information content (AvgIpc) is 2.36. The molecule has 1 aromatic rings. The van der Waals surface area contributed by atoms with E-state index >= 15 is 0 Å². The van der Waals surface area contributed by atoms with Crippen molar-refractivity contribution in [1.82, 2.24) is 5.32 Å². The number of nitrogens with one attached hydrogen (secondary N) is 1. The van der Waals surface area contributed by atoms with E-state index in [4.69, 9.17) is 0 Å². The van der Waals surface area contributed by atoms with Gasteiger partial charge in [-0.2, -0.15) is 0 Å². The second-order valence-corrected chi connectivity index (χ2v) is 4.21. The van der Waals surface area contributed by atoms with Crippen LogP contribution in [0.5, 0.6) is 0 Å². The zero-order chi connectivity index (χ0) is 11.8. The van der Waals surface area contributed by atoms with E-state index in [1.807, 2.05) is 18.2 Å². The fourth-order valence-electron chi connectivity index (χ4n) is 1.90. The van der Waals surface area contributed by atoms with Gasteiger partial charge in [0.25, 0.3) is 0 Å². The van der Waals surface area contributed by atoms with E-state index in [9.17, 15) is 5.11 Å². The van der Waals surface area contributed by atoms with Crippen LogP contribution in [0.15, 0.2) is 30.3 Å². The highest BCUT2D eigenvalue weighted by atomic mass is 16.3. The lowest BCUT2D eigenvalue weighted by Gasteiger charge is -2.20. The fraction of sp³-hybridized carbons (Fsp3) is 0.571. The molecule has 90 valence electrons. The normalized spacial score (nSPS) is 13.0. The summed E-state index contributed by atoms with van der Waals surface area (Å²) in [5, 5.41) is 12.9. The number of aliphatic hydroxyl groups is 1. The number of benzene rings is 1. The van der Waals surface area contributed by atoms with Crippen LogP contribution in [-0.4, -0.2) is 24.3 Å². The van der Waals surface area contributed by atoms with Gasteiger partial charge in [0.15, 0.2) is 0 Å². The summed E-state index contributed by atoms with van der Waals surface area (Å²) < 4.78 is 0. The van der Waals surface area contributed by atoms with Gasteiger partial charge < -0.3 is 10.4 Å². The van der Waals surface area contributed by atoms with Crippen molar-refractivity contribution < 1.29 is 5.11 Å². The van der Waals surface area contributed by atoms with E-state index in [-0.39, 0.29) is 12.5 Å². The zero-order valence-corrected chi connectivity index (χ0v) is 10.3. The van der Waals surface area contributed by atoms with Crippen LogP contribution < -0.4 is 5.32 Å². The summed E-state index contributed by atoms with van der Waals surface area (Å²) in [4.78, 5) is 0. The molecule has 0 spiro atoms. The molecule has 0 heterocycles. The lowest BCUT2D eigenvalue weighted by atomic mass is 9.99. The Morgan fingerprint density at radius 3 is 2.25 bits per heavy atom. The summed E-state index contributed by atoms with van der Waals surface area (Å²) in [6.07, 6.45) is 2.28. The lowest BCUT2D eigenvalue weighted by Crippen LogP contribution is -2.32. The van der Waals surface area contributed by atoms with E-state index in [2.05, 4.69) is 31.3 Å². The Labute approximate surface area is 98.7 Å². The Morgan fingerprint density at radius 2 is 1.75 bits per heavy atom. The molecule has 0 bridgehead atoms. The molecular weight excluding hydrogens is 198 g/mol. The van der Waals surface area contributed by atoms with Gasteiger partial charge in [-0.1, -0.05) is 44.2 Å². The zero-order valence-electron chi connectivity index (χ0n) is 10.3. The molecule has 0 radical (unpaired) electrons. The summed E-state index contributed by atoms with van der Waals surface area (Å²) in [5.74, 6) is 0.210. The largest absolute Gasteiger partial charge is 0.396 e. The van der Waals surface area contributed by atoms with Crippen LogP contribution in [0.3, 0.4) is 0 Å². The highest BCUT2D eigenvalue weighted by molar-refractivity contribution is 5.19. The first-order chi connectivity index (χ1) is 7.81. The first-order valence-corrected chi connectivity index (χ1v) is 6.21. The Kier molecular flexibility index (Phi) is 6.12. The first kappa shape index (κ1) is 13.2. The van der Waals surface area contributed by atoms with Crippen LogP contribution in [0.25, 0.3) is 0 Å². The molecule has 0 aliphatic carbocycles. The molecule has 0 saturated carbocycles. The monoisotopic (exact) mass is 221 g/mol. The van der Waals surface area contributed by atoms with Crippen molar-refractivity contribution in [2.45, 2.75) is 38.6 Å². The predicted molar refractivity (Wildman–Crippen MR) is 68.6 cm³/mol. The maximum Gasteiger partial charge on any atom is 0.0511 e. The van der Waals surface area contributed by atoms with Crippen molar-refractivity contribution in [2.24, 2.45) is 0 Å². The minimum atomic E-state index is 0.206. The third kappa shape index (κ3) is 3.95. The maximum absolute atomic E-state index is 9.40. The number of aliphatic hydroxyl groups excluding tert-OH is 1. The molecule has 0 amide bonds. The van der Waals surface area contributed by atoms with Crippen LogP contribution in [0.2, 0.25) is 0 Å². The van der Waals surface area contributed by atoms with Gasteiger partial charge in [0.1, 0.15) is 0 Å². The molecule has 1 atom stereocenters. The van der Waals surface area contributed by atoms with Crippen LogP contribution >= 0.6 is 0 Å². The quantitative estimate of drug-likeness (QED) is 0.741. The standard InChI is InChI=1S/C14H23NO/c1-3-14(4-2)15-10-13(11-16)12-8-6-5-7-9-12/h5-9,13-16H,3-4,10-11H2,1-2H3. The van der Waals surface area contributed by atoms with Gasteiger partial charge >= 0.3 is 0 Å². The van der Waals surface area contributed by atoms with E-state index in [1.54, 1.807) is 0 Å². The summed E-state index contributed by atoms with van der Waals surface area (Å²) >= 11 is 0. The van der Waals surface area contributed by atoms with Crippen LogP contribution in [0.4, 0.5) is 0 Å². The smallest absolute Gasteiger partial charge is 0.0511 e. The minimum absolute atomic E-state index is 0.206. The van der Waals surface area contributed by atoms with Gasteiger partial charge in [0.05, 0.1) is 6.61 Å². The minimum Gasteiger partial charge on any atom is -0.396 e. The Hall–Kier alpha value is -0.860. The molecule has 1 rings (SSSR count). The molecule has 0 aromatic heterocycles. The van der Waals surface area contributed by atoms with E-state index in [1.165, 1.54) is 5.56 Å². The number of hydrogen-bond acceptors (Lipinski definition) is 2. The first-order valence-electron chi connectivity index (χ1n) is 6.21. The highest BCUT2D eigenvalue weighted by Gasteiger charge is 2.11. The van der Waals surface area contributed by atoms with Gasteiger partial charge in [0, 0.05) is 18.5 Å². The Bertz CT molecular complexity index is 269. The summed E-state index contributed by atoms with van der Waals surface area (Å²) in [6, 6.07) is 10.8. The third-order valence-corrected chi connectivity index (χ3v) is 3.13. The summed E-state index contributed by atoms with van der Waals surface area (Å²) in [5.41, 5.74) is 1.21. The van der Waals surface area contributed by atoms with E-state index < -0.39 is 0 Å². The SMILES string of the molecule is CCC(CC)NCC(CO)c1ccccc1. The van der Waals surface area contributed by atoms with Crippen molar-refractivity contribution >= 4 is 0 Å². The Balaban J connectivity index is 2.50. The average molecular weight is 221 g/mol. The van der Waals surface area contributed by atoms with Crippen molar-refractivity contribution in [1.29, 1.82) is 0 Å². The van der Waals surface area contributed by atoms with Gasteiger partial charge in [0.2, 0.25) is 0 Å². The summed E-state index contributed by atoms with van der Waals surface area (Å²) in [6.45, 7) is 5.44. The van der Waals surface area contributed by atoms with Crippen LogP contribution in [0, 0.1) is 0 Å². The van der Waals surface area contributed by atoms with Crippen LogP contribution in [-0.2, 0) is 0 Å². The van der Waals surface area contributed by atoms with Crippen molar-refractivity contribution in [3.8, 4) is 0 Å². The molecular formula is C14H23NO. The molecule has 1 aromatic carbocycles. The second-order valence-electron chi connectivity index (χ2n) is 4.21. The molecule has 0 aliphatic heterocycles. The van der Waals surface area contributed by atoms with E-state index in [0.29, 0.717) is 6.04 Å². The molecule has 2 N–H and O–H groups in total. The topological polar surface area (TPSA) is 32.3 Å². The van der Waals surface area contributed by atoms with Crippen molar-refractivity contribution in [3.63, 3.8) is 0 Å². The maximum atomic E-state index is 9.40. The summed E-state index contributed by atoms with van der Waals surface area (Å²) in [7, 11) is 0. The molecule has 2 nitrogen and oxygen atoms in total. The van der Waals surface area contributed by atoms with Crippen molar-refractivity contribution in [3.05, 3.63) is 35.9 Å². The van der Waals surface area contributed by atoms with Gasteiger partial charge in [-0.25, -0.2) is 0 Å². The molecule has 0 fully saturated rings. The van der Waals surface area contributed by atoms with E-state index in [0.717, 1.165) is 19.4 Å². The second kappa shape index (κ2) is 7.42. The number of hydrogen-bond donors (Lipinski definition) is 2.